The van der Waals surface area contributed by atoms with Crippen molar-refractivity contribution in [1.29, 1.82) is 0 Å². The van der Waals surface area contributed by atoms with Crippen LogP contribution in [0.15, 0.2) is 0 Å². The maximum Gasteiger partial charge on any atom is 0.414 e. The van der Waals surface area contributed by atoms with Gasteiger partial charge in [-0.3, -0.25) is 4.79 Å². The molecule has 1 aliphatic heterocycles. The van der Waals surface area contributed by atoms with Crippen LogP contribution in [0, 0.1) is 0 Å². The first kappa shape index (κ1) is 25.3. The molecule has 158 valence electrons. The van der Waals surface area contributed by atoms with Gasteiger partial charge in [-0.1, -0.05) is 13.8 Å². The zero-order valence-electron chi connectivity index (χ0n) is 17.4. The van der Waals surface area contributed by atoms with E-state index in [0.29, 0.717) is 12.1 Å². The van der Waals surface area contributed by atoms with E-state index in [-0.39, 0.29) is 11.9 Å². The topological polar surface area (TPSA) is 110 Å². The third-order valence-electron chi connectivity index (χ3n) is 5.00. The maximum absolute atomic E-state index is 12.6. The van der Waals surface area contributed by atoms with E-state index in [2.05, 4.69) is 42.8 Å². The van der Waals surface area contributed by atoms with E-state index in [4.69, 9.17) is 19.8 Å². The summed E-state index contributed by atoms with van der Waals surface area (Å²) in [6, 6.07) is 0.715. The summed E-state index contributed by atoms with van der Waals surface area (Å²) >= 11 is 0. The Hall–Kier alpha value is -1.67. The number of nitrogens with zero attached hydrogens (tertiary/aromatic N) is 2. The Balaban J connectivity index is 0.000000972. The number of hydrogen-bond acceptors (Lipinski definition) is 5. The summed E-state index contributed by atoms with van der Waals surface area (Å²) in [5.74, 6) is -3.37. The number of rotatable bonds is 8. The van der Waals surface area contributed by atoms with Gasteiger partial charge in [0, 0.05) is 12.1 Å². The van der Waals surface area contributed by atoms with Crippen molar-refractivity contribution in [3.63, 3.8) is 0 Å². The highest BCUT2D eigenvalue weighted by Crippen LogP contribution is 2.23. The Bertz CT molecular complexity index is 446. The molecule has 8 nitrogen and oxygen atoms in total. The molecule has 0 radical (unpaired) electrons. The second kappa shape index (κ2) is 13.5. The first-order valence-corrected chi connectivity index (χ1v) is 9.89. The minimum absolute atomic E-state index is 0.0651. The van der Waals surface area contributed by atoms with E-state index in [1.54, 1.807) is 0 Å². The van der Waals surface area contributed by atoms with E-state index in [1.807, 2.05) is 6.92 Å². The molecule has 1 rings (SSSR count). The fourth-order valence-corrected chi connectivity index (χ4v) is 3.33. The number of aliphatic carboxylic acids is 2. The number of amides is 1. The van der Waals surface area contributed by atoms with Crippen molar-refractivity contribution in [2.45, 2.75) is 78.4 Å². The largest absolute Gasteiger partial charge is 0.473 e. The van der Waals surface area contributed by atoms with Crippen LogP contribution in [0.3, 0.4) is 0 Å². The zero-order chi connectivity index (χ0) is 21.0. The quantitative estimate of drug-likeness (QED) is 0.429. The van der Waals surface area contributed by atoms with Gasteiger partial charge in [-0.15, -0.1) is 0 Å². The second-order valence-electron chi connectivity index (χ2n) is 7.04. The average molecular weight is 388 g/mol. The van der Waals surface area contributed by atoms with E-state index in [1.165, 1.54) is 6.42 Å². The molecule has 8 heteroatoms. The first-order valence-electron chi connectivity index (χ1n) is 9.89. The number of piperidine rings is 1. The lowest BCUT2D eigenvalue weighted by atomic mass is 9.96. The smallest absolute Gasteiger partial charge is 0.414 e. The highest BCUT2D eigenvalue weighted by molar-refractivity contribution is 6.27. The molecule has 1 amide bonds. The molecule has 3 atom stereocenters. The predicted molar refractivity (Wildman–Crippen MR) is 105 cm³/mol. The minimum atomic E-state index is -1.82. The Labute approximate surface area is 162 Å². The molecule has 1 heterocycles. The van der Waals surface area contributed by atoms with Crippen molar-refractivity contribution < 1.29 is 24.6 Å². The summed E-state index contributed by atoms with van der Waals surface area (Å²) in [7, 11) is 0. The SMILES string of the molecule is CCN(CC)CCCNC(C)C(=O)N1C(C)CCCC1C.O=C(O)C(=O)O. The van der Waals surface area contributed by atoms with Crippen LogP contribution in [0.5, 0.6) is 0 Å². The highest BCUT2D eigenvalue weighted by atomic mass is 16.4. The zero-order valence-corrected chi connectivity index (χ0v) is 17.4. The summed E-state index contributed by atoms with van der Waals surface area (Å²) in [5.41, 5.74) is 0. The Morgan fingerprint density at radius 2 is 1.56 bits per heavy atom. The number of carboxylic acids is 2. The third-order valence-corrected chi connectivity index (χ3v) is 5.00. The first-order chi connectivity index (χ1) is 12.6. The lowest BCUT2D eigenvalue weighted by Gasteiger charge is -2.40. The van der Waals surface area contributed by atoms with Crippen molar-refractivity contribution in [2.24, 2.45) is 0 Å². The number of hydrogen-bond donors (Lipinski definition) is 3. The van der Waals surface area contributed by atoms with Crippen LogP contribution in [0.1, 0.15) is 60.3 Å². The molecule has 0 spiro atoms. The van der Waals surface area contributed by atoms with Crippen molar-refractivity contribution in [1.82, 2.24) is 15.1 Å². The molecule has 1 aliphatic rings. The van der Waals surface area contributed by atoms with Crippen molar-refractivity contribution in [2.75, 3.05) is 26.2 Å². The molecule has 0 bridgehead atoms. The molecular weight excluding hydrogens is 350 g/mol. The Morgan fingerprint density at radius 3 is 1.96 bits per heavy atom. The van der Waals surface area contributed by atoms with Gasteiger partial charge in [-0.05, 0) is 72.6 Å². The number of likely N-dealkylation sites (tertiary alicyclic amines) is 1. The van der Waals surface area contributed by atoms with Gasteiger partial charge in [0.1, 0.15) is 0 Å². The Kier molecular flexibility index (Phi) is 12.7. The molecule has 0 aromatic rings. The number of carbonyl (C=O) groups excluding carboxylic acids is 1. The van der Waals surface area contributed by atoms with E-state index < -0.39 is 11.9 Å². The number of carboxylic acid groups (broad SMARTS) is 2. The van der Waals surface area contributed by atoms with E-state index >= 15 is 0 Å². The van der Waals surface area contributed by atoms with Crippen LogP contribution in [-0.4, -0.2) is 82.2 Å². The number of nitrogens with one attached hydrogen (secondary N) is 1. The normalized spacial score (nSPS) is 20.6. The second-order valence-corrected chi connectivity index (χ2v) is 7.04. The average Bonchev–Trinajstić information content (AvgIpc) is 2.61. The van der Waals surface area contributed by atoms with Crippen molar-refractivity contribution in [3.05, 3.63) is 0 Å². The van der Waals surface area contributed by atoms with Gasteiger partial charge in [-0.25, -0.2) is 9.59 Å². The van der Waals surface area contributed by atoms with Crippen LogP contribution in [0.25, 0.3) is 0 Å². The summed E-state index contributed by atoms with van der Waals surface area (Å²) in [6.45, 7) is 15.0. The molecule has 27 heavy (non-hydrogen) atoms. The van der Waals surface area contributed by atoms with Crippen molar-refractivity contribution >= 4 is 17.8 Å². The molecule has 0 aromatic heterocycles. The Morgan fingerprint density at radius 1 is 1.07 bits per heavy atom. The van der Waals surface area contributed by atoms with E-state index in [0.717, 1.165) is 45.4 Å². The van der Waals surface area contributed by atoms with E-state index in [9.17, 15) is 4.79 Å². The van der Waals surface area contributed by atoms with Crippen LogP contribution in [-0.2, 0) is 14.4 Å². The van der Waals surface area contributed by atoms with Crippen LogP contribution >= 0.6 is 0 Å². The van der Waals surface area contributed by atoms with Gasteiger partial charge in [0.05, 0.1) is 6.04 Å². The highest BCUT2D eigenvalue weighted by Gasteiger charge is 2.31. The molecule has 3 N–H and O–H groups in total. The maximum atomic E-state index is 12.6. The molecule has 1 saturated heterocycles. The van der Waals surface area contributed by atoms with Gasteiger partial charge >= 0.3 is 11.9 Å². The van der Waals surface area contributed by atoms with Gasteiger partial charge in [-0.2, -0.15) is 0 Å². The third kappa shape index (κ3) is 9.72. The molecular formula is C19H37N3O5. The van der Waals surface area contributed by atoms with Crippen LogP contribution < -0.4 is 5.32 Å². The minimum Gasteiger partial charge on any atom is -0.473 e. The van der Waals surface area contributed by atoms with Gasteiger partial charge in [0.25, 0.3) is 0 Å². The van der Waals surface area contributed by atoms with Crippen LogP contribution in [0.4, 0.5) is 0 Å². The molecule has 0 saturated carbocycles. The molecule has 0 aliphatic carbocycles. The fourth-order valence-electron chi connectivity index (χ4n) is 3.33. The monoisotopic (exact) mass is 387 g/mol. The molecule has 1 fully saturated rings. The lowest BCUT2D eigenvalue weighted by molar-refractivity contribution is -0.159. The van der Waals surface area contributed by atoms with Gasteiger partial charge < -0.3 is 25.3 Å². The van der Waals surface area contributed by atoms with Crippen LogP contribution in [0.2, 0.25) is 0 Å². The van der Waals surface area contributed by atoms with Gasteiger partial charge in [0.2, 0.25) is 5.91 Å². The molecule has 0 aromatic carbocycles. The standard InChI is InChI=1S/C17H35N3O.C2H2O4/c1-6-19(7-2)13-9-12-18-16(5)17(21)20-14(3)10-8-11-15(20)4;3-1(4)2(5)6/h14-16,18H,6-13H2,1-5H3;(H,3,4)(H,5,6). The summed E-state index contributed by atoms with van der Waals surface area (Å²) in [4.78, 5) is 35.3. The summed E-state index contributed by atoms with van der Waals surface area (Å²) in [6.07, 6.45) is 4.64. The summed E-state index contributed by atoms with van der Waals surface area (Å²) < 4.78 is 0. The summed E-state index contributed by atoms with van der Waals surface area (Å²) in [5, 5.41) is 18.2. The lowest BCUT2D eigenvalue weighted by Crippen LogP contribution is -2.54. The number of carbonyl (C=O) groups is 3. The molecule has 3 unspecified atom stereocenters. The fraction of sp³-hybridized carbons (Fsp3) is 0.842. The predicted octanol–water partition coefficient (Wildman–Crippen LogP) is 1.64. The van der Waals surface area contributed by atoms with Gasteiger partial charge in [0.15, 0.2) is 0 Å². The van der Waals surface area contributed by atoms with Crippen molar-refractivity contribution in [3.8, 4) is 0 Å².